The van der Waals surface area contributed by atoms with Gasteiger partial charge in [0.15, 0.2) is 0 Å². The highest BCUT2D eigenvalue weighted by molar-refractivity contribution is 7.08. The summed E-state index contributed by atoms with van der Waals surface area (Å²) in [6.07, 6.45) is 0. The molecule has 0 saturated heterocycles. The van der Waals surface area contributed by atoms with Crippen molar-refractivity contribution in [2.75, 3.05) is 5.32 Å². The van der Waals surface area contributed by atoms with Gasteiger partial charge in [-0.25, -0.2) is 0 Å². The number of hydrogen-bond donors (Lipinski definition) is 1. The van der Waals surface area contributed by atoms with Gasteiger partial charge in [0.2, 0.25) is 0 Å². The number of halogens is 1. The van der Waals surface area contributed by atoms with E-state index in [2.05, 4.69) is 15.8 Å². The van der Waals surface area contributed by atoms with Crippen LogP contribution in [0.2, 0.25) is 5.02 Å². The van der Waals surface area contributed by atoms with E-state index in [4.69, 9.17) is 11.6 Å². The summed E-state index contributed by atoms with van der Waals surface area (Å²) >= 11 is 7.80. The summed E-state index contributed by atoms with van der Waals surface area (Å²) in [6.45, 7) is 2.61. The summed E-state index contributed by atoms with van der Waals surface area (Å²) in [4.78, 5) is 0. The Morgan fingerprint density at radius 2 is 2.40 bits per heavy atom. The Hall–Kier alpha value is -1.00. The number of nitrogens with zero attached hydrogens (tertiary/aromatic N) is 2. The van der Waals surface area contributed by atoms with E-state index < -0.39 is 0 Å². The number of hydrogen-bond acceptors (Lipinski definition) is 3. The van der Waals surface area contributed by atoms with Crippen LogP contribution in [-0.2, 0) is 13.6 Å². The van der Waals surface area contributed by atoms with Crippen molar-refractivity contribution < 1.29 is 0 Å². The first kappa shape index (κ1) is 10.5. The minimum atomic E-state index is 0.701. The fraction of sp³-hybridized carbons (Fsp3) is 0.300. The molecule has 0 aromatic carbocycles. The zero-order valence-electron chi connectivity index (χ0n) is 8.62. The number of aromatic nitrogens is 2. The van der Waals surface area contributed by atoms with E-state index in [1.165, 1.54) is 0 Å². The smallest absolute Gasteiger partial charge is 0.0865 e. The summed E-state index contributed by atoms with van der Waals surface area (Å²) < 4.78 is 1.82. The van der Waals surface area contributed by atoms with Gasteiger partial charge < -0.3 is 5.32 Å². The Morgan fingerprint density at radius 3 is 2.93 bits per heavy atom. The molecule has 0 fully saturated rings. The lowest BCUT2D eigenvalue weighted by Crippen LogP contribution is -2.05. The molecule has 1 N–H and O–H groups in total. The lowest BCUT2D eigenvalue weighted by molar-refractivity contribution is 0.713. The van der Waals surface area contributed by atoms with Crippen molar-refractivity contribution in [3.63, 3.8) is 0 Å². The quantitative estimate of drug-likeness (QED) is 0.895. The number of nitrogens with one attached hydrogen (secondary N) is 1. The van der Waals surface area contributed by atoms with E-state index in [1.54, 1.807) is 11.3 Å². The van der Waals surface area contributed by atoms with Gasteiger partial charge in [0.05, 0.1) is 23.0 Å². The van der Waals surface area contributed by atoms with Gasteiger partial charge >= 0.3 is 0 Å². The van der Waals surface area contributed by atoms with Crippen molar-refractivity contribution in [1.29, 1.82) is 0 Å². The summed E-state index contributed by atoms with van der Waals surface area (Å²) in [5.74, 6) is 0. The summed E-state index contributed by atoms with van der Waals surface area (Å²) in [7, 11) is 1.91. The largest absolute Gasteiger partial charge is 0.379 e. The first-order valence-corrected chi connectivity index (χ1v) is 5.94. The van der Waals surface area contributed by atoms with E-state index in [9.17, 15) is 0 Å². The van der Waals surface area contributed by atoms with Crippen molar-refractivity contribution in [2.24, 2.45) is 7.05 Å². The molecule has 0 radical (unpaired) electrons. The van der Waals surface area contributed by atoms with Crippen LogP contribution < -0.4 is 5.32 Å². The topological polar surface area (TPSA) is 29.9 Å². The zero-order valence-corrected chi connectivity index (χ0v) is 10.2. The van der Waals surface area contributed by atoms with Gasteiger partial charge in [-0.15, -0.1) is 0 Å². The summed E-state index contributed by atoms with van der Waals surface area (Å²) in [6, 6.07) is 2.04. The van der Waals surface area contributed by atoms with Crippen LogP contribution in [0.25, 0.3) is 0 Å². The monoisotopic (exact) mass is 241 g/mol. The molecule has 2 heterocycles. The molecule has 0 aliphatic rings. The maximum Gasteiger partial charge on any atom is 0.0865 e. The van der Waals surface area contributed by atoms with Crippen LogP contribution in [0, 0.1) is 6.92 Å². The molecule has 2 aromatic rings. The second kappa shape index (κ2) is 4.24. The molecule has 0 aliphatic heterocycles. The second-order valence-electron chi connectivity index (χ2n) is 3.34. The molecule has 0 unspecified atom stereocenters. The lowest BCUT2D eigenvalue weighted by atomic mass is 10.3. The van der Waals surface area contributed by atoms with Crippen molar-refractivity contribution in [1.82, 2.24) is 9.78 Å². The SMILES string of the molecule is Cc1nn(C)c(CNc2ccsc2)c1Cl. The minimum Gasteiger partial charge on any atom is -0.379 e. The normalized spacial score (nSPS) is 10.6. The highest BCUT2D eigenvalue weighted by atomic mass is 35.5. The van der Waals surface area contributed by atoms with Gasteiger partial charge in [0.25, 0.3) is 0 Å². The first-order chi connectivity index (χ1) is 7.18. The third-order valence-corrected chi connectivity index (χ3v) is 3.42. The Balaban J connectivity index is 2.11. The standard InChI is InChI=1S/C10H12ClN3S/c1-7-10(11)9(14(2)13-7)5-12-8-3-4-15-6-8/h3-4,6,12H,5H2,1-2H3. The molecule has 80 valence electrons. The van der Waals surface area contributed by atoms with Crippen LogP contribution in [-0.4, -0.2) is 9.78 Å². The molecule has 2 rings (SSSR count). The Labute approximate surface area is 97.7 Å². The predicted octanol–water partition coefficient (Wildman–Crippen LogP) is 3.06. The van der Waals surface area contributed by atoms with Crippen LogP contribution in [0.15, 0.2) is 16.8 Å². The summed E-state index contributed by atoms with van der Waals surface area (Å²) in [5.41, 5.74) is 3.01. The van der Waals surface area contributed by atoms with Gasteiger partial charge in [-0.3, -0.25) is 4.68 Å². The average molecular weight is 242 g/mol. The zero-order chi connectivity index (χ0) is 10.8. The maximum absolute atomic E-state index is 6.13. The van der Waals surface area contributed by atoms with Crippen molar-refractivity contribution in [3.05, 3.63) is 33.2 Å². The molecule has 0 spiro atoms. The predicted molar refractivity (Wildman–Crippen MR) is 64.6 cm³/mol. The number of aryl methyl sites for hydroxylation is 2. The van der Waals surface area contributed by atoms with Crippen molar-refractivity contribution in [3.8, 4) is 0 Å². The highest BCUT2D eigenvalue weighted by Crippen LogP contribution is 2.21. The van der Waals surface area contributed by atoms with Crippen molar-refractivity contribution >= 4 is 28.6 Å². The van der Waals surface area contributed by atoms with Gasteiger partial charge in [0.1, 0.15) is 0 Å². The van der Waals surface area contributed by atoms with Crippen molar-refractivity contribution in [2.45, 2.75) is 13.5 Å². The molecular weight excluding hydrogens is 230 g/mol. The van der Waals surface area contributed by atoms with E-state index in [0.717, 1.165) is 22.1 Å². The fourth-order valence-corrected chi connectivity index (χ4v) is 2.26. The fourth-order valence-electron chi connectivity index (χ4n) is 1.42. The highest BCUT2D eigenvalue weighted by Gasteiger charge is 2.10. The molecule has 0 amide bonds. The Morgan fingerprint density at radius 1 is 1.60 bits per heavy atom. The third-order valence-electron chi connectivity index (χ3n) is 2.24. The minimum absolute atomic E-state index is 0.701. The van der Waals surface area contributed by atoms with Crippen LogP contribution in [0.4, 0.5) is 5.69 Å². The van der Waals surface area contributed by atoms with Gasteiger partial charge in [-0.2, -0.15) is 16.4 Å². The van der Waals surface area contributed by atoms with Gasteiger partial charge in [-0.1, -0.05) is 11.6 Å². The van der Waals surface area contributed by atoms with E-state index in [-0.39, 0.29) is 0 Å². The summed E-state index contributed by atoms with van der Waals surface area (Å²) in [5, 5.41) is 12.4. The van der Waals surface area contributed by atoms with E-state index in [1.807, 2.05) is 30.1 Å². The van der Waals surface area contributed by atoms with E-state index in [0.29, 0.717) is 6.54 Å². The van der Waals surface area contributed by atoms with Gasteiger partial charge in [-0.05, 0) is 18.4 Å². The van der Waals surface area contributed by atoms with Crippen LogP contribution in [0.5, 0.6) is 0 Å². The van der Waals surface area contributed by atoms with E-state index >= 15 is 0 Å². The average Bonchev–Trinajstić information content (AvgIpc) is 2.76. The lowest BCUT2D eigenvalue weighted by Gasteiger charge is -2.04. The maximum atomic E-state index is 6.13. The molecule has 5 heteroatoms. The first-order valence-electron chi connectivity index (χ1n) is 4.62. The number of rotatable bonds is 3. The molecular formula is C10H12ClN3S. The molecule has 0 atom stereocenters. The van der Waals surface area contributed by atoms with Gasteiger partial charge in [0, 0.05) is 18.1 Å². The van der Waals surface area contributed by atoms with Crippen LogP contribution in [0.3, 0.4) is 0 Å². The molecule has 3 nitrogen and oxygen atoms in total. The molecule has 2 aromatic heterocycles. The second-order valence-corrected chi connectivity index (χ2v) is 4.49. The molecule has 0 saturated carbocycles. The Bertz CT molecular complexity index is 447. The van der Waals surface area contributed by atoms with Crippen LogP contribution >= 0.6 is 22.9 Å². The molecule has 0 bridgehead atoms. The molecule has 0 aliphatic carbocycles. The number of anilines is 1. The number of thiophene rings is 1. The third kappa shape index (κ3) is 2.16. The molecule has 15 heavy (non-hydrogen) atoms. The van der Waals surface area contributed by atoms with Crippen LogP contribution in [0.1, 0.15) is 11.4 Å². The Kier molecular flexibility index (Phi) is 2.98.